The third-order valence-electron chi connectivity index (χ3n) is 6.08. The summed E-state index contributed by atoms with van der Waals surface area (Å²) in [7, 11) is 1.70. The van der Waals surface area contributed by atoms with E-state index in [1.54, 1.807) is 25.2 Å². The fourth-order valence-electron chi connectivity index (χ4n) is 4.15. The third-order valence-corrected chi connectivity index (χ3v) is 6.94. The molecule has 0 spiro atoms. The lowest BCUT2D eigenvalue weighted by Crippen LogP contribution is -2.36. The molecular weight excluding hydrogens is 418 g/mol. The molecule has 1 saturated heterocycles. The number of carbonyl (C=O) groups excluding carboxylic acids is 2. The summed E-state index contributed by atoms with van der Waals surface area (Å²) in [5.74, 6) is -0.361. The minimum absolute atomic E-state index is 0.128. The van der Waals surface area contributed by atoms with Gasteiger partial charge >= 0.3 is 0 Å². The van der Waals surface area contributed by atoms with Crippen LogP contribution in [0.5, 0.6) is 0 Å². The van der Waals surface area contributed by atoms with Gasteiger partial charge in [0.25, 0.3) is 11.8 Å². The van der Waals surface area contributed by atoms with Crippen LogP contribution >= 0.6 is 11.3 Å². The molecular formula is C26H29N3O2S. The van der Waals surface area contributed by atoms with Crippen LogP contribution in [-0.2, 0) is 6.54 Å². The van der Waals surface area contributed by atoms with Gasteiger partial charge in [0.2, 0.25) is 0 Å². The molecule has 1 N–H and O–H groups in total. The predicted molar refractivity (Wildman–Crippen MR) is 132 cm³/mol. The van der Waals surface area contributed by atoms with Gasteiger partial charge < -0.3 is 10.2 Å². The lowest BCUT2D eigenvalue weighted by molar-refractivity contribution is 0.0996. The van der Waals surface area contributed by atoms with Crippen molar-refractivity contribution in [2.45, 2.75) is 38.8 Å². The summed E-state index contributed by atoms with van der Waals surface area (Å²) in [6.45, 7) is 4.38. The Morgan fingerprint density at radius 1 is 1.06 bits per heavy atom. The van der Waals surface area contributed by atoms with Crippen LogP contribution in [0.25, 0.3) is 0 Å². The third kappa shape index (κ3) is 5.09. The molecule has 0 aliphatic carbocycles. The van der Waals surface area contributed by atoms with Gasteiger partial charge in [0.1, 0.15) is 0 Å². The Labute approximate surface area is 193 Å². The number of anilines is 2. The summed E-state index contributed by atoms with van der Waals surface area (Å²) in [5, 5.41) is 4.85. The predicted octanol–water partition coefficient (Wildman–Crippen LogP) is 5.65. The van der Waals surface area contributed by atoms with Gasteiger partial charge in [-0.1, -0.05) is 36.8 Å². The second-order valence-corrected chi connectivity index (χ2v) is 9.27. The molecule has 2 amide bonds. The minimum Gasteiger partial charge on any atom is -0.322 e. The molecule has 0 saturated carbocycles. The van der Waals surface area contributed by atoms with E-state index in [1.165, 1.54) is 41.1 Å². The number of amides is 2. The highest BCUT2D eigenvalue weighted by Gasteiger charge is 2.21. The van der Waals surface area contributed by atoms with Gasteiger partial charge in [-0.25, -0.2) is 0 Å². The number of benzene rings is 2. The van der Waals surface area contributed by atoms with Gasteiger partial charge in [0, 0.05) is 25.3 Å². The molecule has 1 fully saturated rings. The number of carbonyl (C=O) groups is 2. The first-order chi connectivity index (χ1) is 15.5. The van der Waals surface area contributed by atoms with E-state index in [4.69, 9.17) is 0 Å². The normalized spacial score (nSPS) is 16.5. The average molecular weight is 448 g/mol. The van der Waals surface area contributed by atoms with Crippen molar-refractivity contribution in [1.29, 1.82) is 0 Å². The van der Waals surface area contributed by atoms with Crippen molar-refractivity contribution in [3.8, 4) is 0 Å². The maximum atomic E-state index is 13.0. The number of rotatable bonds is 6. The molecule has 4 rings (SSSR count). The first-order valence-corrected chi connectivity index (χ1v) is 12.0. The Kier molecular flexibility index (Phi) is 7.02. The zero-order chi connectivity index (χ0) is 22.5. The van der Waals surface area contributed by atoms with E-state index < -0.39 is 0 Å². The van der Waals surface area contributed by atoms with Crippen LogP contribution in [0.4, 0.5) is 11.4 Å². The monoisotopic (exact) mass is 447 g/mol. The fourth-order valence-corrected chi connectivity index (χ4v) is 4.85. The zero-order valence-corrected chi connectivity index (χ0v) is 19.4. The van der Waals surface area contributed by atoms with Gasteiger partial charge in [0.05, 0.1) is 16.1 Å². The maximum absolute atomic E-state index is 13.0. The van der Waals surface area contributed by atoms with Crippen molar-refractivity contribution < 1.29 is 9.59 Å². The molecule has 5 nitrogen and oxygen atoms in total. The molecule has 2 aromatic carbocycles. The minimum atomic E-state index is -0.233. The van der Waals surface area contributed by atoms with Gasteiger partial charge in [-0.15, -0.1) is 11.3 Å². The van der Waals surface area contributed by atoms with Crippen LogP contribution in [0.1, 0.15) is 51.8 Å². The zero-order valence-electron chi connectivity index (χ0n) is 18.6. The second kappa shape index (κ2) is 10.1. The van der Waals surface area contributed by atoms with Crippen molar-refractivity contribution in [1.82, 2.24) is 4.90 Å². The Bertz CT molecular complexity index is 1060. The first-order valence-electron chi connectivity index (χ1n) is 11.1. The van der Waals surface area contributed by atoms with Crippen LogP contribution in [0.3, 0.4) is 0 Å². The summed E-state index contributed by atoms with van der Waals surface area (Å²) < 4.78 is 0. The van der Waals surface area contributed by atoms with Gasteiger partial charge in [-0.2, -0.15) is 0 Å². The standard InChI is InChI=1S/C26H29N3O2S/c1-19-8-5-6-16-29(19)18-20-12-14-21(15-13-20)27-25(30)22-9-3-4-10-23(22)28(2)26(31)24-11-7-17-32-24/h3-4,7,9-15,17,19H,5-6,8,16,18H2,1-2H3,(H,27,30). The highest BCUT2D eigenvalue weighted by molar-refractivity contribution is 7.12. The number of hydrogen-bond acceptors (Lipinski definition) is 4. The summed E-state index contributed by atoms with van der Waals surface area (Å²) in [6, 6.07) is 19.5. The van der Waals surface area contributed by atoms with E-state index in [9.17, 15) is 9.59 Å². The van der Waals surface area contributed by atoms with Crippen molar-refractivity contribution in [3.63, 3.8) is 0 Å². The number of hydrogen-bond donors (Lipinski definition) is 1. The lowest BCUT2D eigenvalue weighted by atomic mass is 10.0. The van der Waals surface area contributed by atoms with E-state index in [0.29, 0.717) is 22.2 Å². The Morgan fingerprint density at radius 2 is 1.84 bits per heavy atom. The summed E-state index contributed by atoms with van der Waals surface area (Å²) in [4.78, 5) is 30.5. The van der Waals surface area contributed by atoms with Crippen molar-refractivity contribution in [3.05, 3.63) is 82.0 Å². The summed E-state index contributed by atoms with van der Waals surface area (Å²) >= 11 is 1.39. The number of nitrogens with one attached hydrogen (secondary N) is 1. The topological polar surface area (TPSA) is 52.7 Å². The Balaban J connectivity index is 1.44. The lowest BCUT2D eigenvalue weighted by Gasteiger charge is -2.33. The fraction of sp³-hybridized carbons (Fsp3) is 0.308. The molecule has 1 aliphatic heterocycles. The van der Waals surface area contributed by atoms with E-state index in [0.717, 1.165) is 18.8 Å². The number of thiophene rings is 1. The molecule has 2 heterocycles. The summed E-state index contributed by atoms with van der Waals surface area (Å²) in [6.07, 6.45) is 3.84. The molecule has 1 aromatic heterocycles. The van der Waals surface area contributed by atoms with E-state index in [2.05, 4.69) is 29.3 Å². The molecule has 3 aromatic rings. The molecule has 1 atom stereocenters. The highest BCUT2D eigenvalue weighted by Crippen LogP contribution is 2.24. The maximum Gasteiger partial charge on any atom is 0.268 e. The van der Waals surface area contributed by atoms with Crippen molar-refractivity contribution in [2.24, 2.45) is 0 Å². The SMILES string of the molecule is CC1CCCCN1Cc1ccc(NC(=O)c2ccccc2N(C)C(=O)c2cccs2)cc1. The number of piperidine rings is 1. The van der Waals surface area contributed by atoms with E-state index in [-0.39, 0.29) is 11.8 Å². The molecule has 1 aliphatic rings. The van der Waals surface area contributed by atoms with Gasteiger partial charge in [0.15, 0.2) is 0 Å². The van der Waals surface area contributed by atoms with Crippen molar-refractivity contribution >= 4 is 34.5 Å². The molecule has 166 valence electrons. The second-order valence-electron chi connectivity index (χ2n) is 8.32. The largest absolute Gasteiger partial charge is 0.322 e. The molecule has 1 unspecified atom stereocenters. The smallest absolute Gasteiger partial charge is 0.268 e. The van der Waals surface area contributed by atoms with E-state index in [1.807, 2.05) is 35.7 Å². The number of para-hydroxylation sites is 1. The van der Waals surface area contributed by atoms with Gasteiger partial charge in [-0.05, 0) is 67.6 Å². The van der Waals surface area contributed by atoms with Crippen LogP contribution < -0.4 is 10.2 Å². The Hall–Kier alpha value is -2.96. The highest BCUT2D eigenvalue weighted by atomic mass is 32.1. The first kappa shape index (κ1) is 22.2. The van der Waals surface area contributed by atoms with Crippen LogP contribution in [0.2, 0.25) is 0 Å². The number of nitrogens with zero attached hydrogens (tertiary/aromatic N) is 2. The van der Waals surface area contributed by atoms with Crippen LogP contribution in [0.15, 0.2) is 66.0 Å². The van der Waals surface area contributed by atoms with Crippen LogP contribution in [0, 0.1) is 0 Å². The van der Waals surface area contributed by atoms with Crippen molar-refractivity contribution in [2.75, 3.05) is 23.8 Å². The molecule has 6 heteroatoms. The summed E-state index contributed by atoms with van der Waals surface area (Å²) in [5.41, 5.74) is 3.04. The Morgan fingerprint density at radius 3 is 2.56 bits per heavy atom. The quantitative estimate of drug-likeness (QED) is 0.531. The van der Waals surface area contributed by atoms with E-state index >= 15 is 0 Å². The molecule has 32 heavy (non-hydrogen) atoms. The molecule has 0 radical (unpaired) electrons. The number of likely N-dealkylation sites (tertiary alicyclic amines) is 1. The molecule has 0 bridgehead atoms. The van der Waals surface area contributed by atoms with Gasteiger partial charge in [-0.3, -0.25) is 14.5 Å². The van der Waals surface area contributed by atoms with Crippen LogP contribution in [-0.4, -0.2) is 36.3 Å². The average Bonchev–Trinajstić information content (AvgIpc) is 3.36.